The smallest absolute Gasteiger partial charge is 0.543 e. The third-order valence-corrected chi connectivity index (χ3v) is 5.16. The van der Waals surface area contributed by atoms with Crippen molar-refractivity contribution in [1.82, 2.24) is 19.9 Å². The van der Waals surface area contributed by atoms with E-state index in [0.717, 1.165) is 5.56 Å². The molecule has 1 fully saturated rings. The van der Waals surface area contributed by atoms with Gasteiger partial charge in [-0.2, -0.15) is 0 Å². The molecule has 0 saturated carbocycles. The van der Waals surface area contributed by atoms with Crippen LogP contribution in [-0.4, -0.2) is 37.1 Å². The van der Waals surface area contributed by atoms with E-state index in [0.29, 0.717) is 16.2 Å². The largest absolute Gasteiger partial charge is 1.00 e. The summed E-state index contributed by atoms with van der Waals surface area (Å²) in [5.41, 5.74) is 1.75. The van der Waals surface area contributed by atoms with Crippen molar-refractivity contribution >= 4 is 34.6 Å². The third kappa shape index (κ3) is 2.95. The Morgan fingerprint density at radius 3 is 2.64 bits per heavy atom. The first kappa shape index (κ1) is 17.9. The topological polar surface area (TPSA) is 91.2 Å². The molecule has 1 atom stereocenters. The van der Waals surface area contributed by atoms with E-state index in [9.17, 15) is 14.7 Å². The van der Waals surface area contributed by atoms with Gasteiger partial charge in [0.05, 0.1) is 23.4 Å². The minimum Gasteiger partial charge on any atom is -0.543 e. The van der Waals surface area contributed by atoms with Crippen molar-refractivity contribution < 1.29 is 44.3 Å². The van der Waals surface area contributed by atoms with Crippen LogP contribution in [0.2, 0.25) is 0 Å². The summed E-state index contributed by atoms with van der Waals surface area (Å²) in [6.07, 6.45) is 3.33. The summed E-state index contributed by atoms with van der Waals surface area (Å²) in [6.45, 7) is 0. The molecular formula is C16H11N4NaO3S. The fourth-order valence-electron chi connectivity index (χ4n) is 2.75. The summed E-state index contributed by atoms with van der Waals surface area (Å²) in [4.78, 5) is 25.8. The fourth-order valence-corrected chi connectivity index (χ4v) is 4.14. The predicted octanol–water partition coefficient (Wildman–Crippen LogP) is -2.76. The normalized spacial score (nSPS) is 20.4. The van der Waals surface area contributed by atoms with Crippen LogP contribution in [0.5, 0.6) is 0 Å². The van der Waals surface area contributed by atoms with Crippen LogP contribution in [0.15, 0.2) is 47.8 Å². The van der Waals surface area contributed by atoms with Crippen LogP contribution in [0.25, 0.3) is 11.0 Å². The Balaban J connectivity index is 0.00000182. The molecule has 2 aliphatic heterocycles. The van der Waals surface area contributed by atoms with Crippen LogP contribution in [0.1, 0.15) is 11.3 Å². The summed E-state index contributed by atoms with van der Waals surface area (Å²) in [5, 5.41) is 18.9. The first-order valence-electron chi connectivity index (χ1n) is 7.15. The van der Waals surface area contributed by atoms with Gasteiger partial charge in [-0.25, -0.2) is 0 Å². The minimum absolute atomic E-state index is 0. The van der Waals surface area contributed by atoms with Crippen LogP contribution < -0.4 is 34.7 Å². The first-order valence-corrected chi connectivity index (χ1v) is 8.03. The third-order valence-electron chi connectivity index (χ3n) is 3.80. The van der Waals surface area contributed by atoms with E-state index in [4.69, 9.17) is 0 Å². The molecule has 0 radical (unpaired) electrons. The number of rotatable bonds is 3. The van der Waals surface area contributed by atoms with Gasteiger partial charge in [-0.15, -0.1) is 5.10 Å². The van der Waals surface area contributed by atoms with Crippen molar-refractivity contribution in [3.8, 4) is 0 Å². The number of aliphatic carboxylic acids is 1. The van der Waals surface area contributed by atoms with Gasteiger partial charge >= 0.3 is 29.6 Å². The zero-order valence-corrected chi connectivity index (χ0v) is 16.4. The monoisotopic (exact) mass is 362 g/mol. The van der Waals surface area contributed by atoms with E-state index in [2.05, 4.69) is 10.3 Å². The number of aryl methyl sites for hydroxylation is 1. The van der Waals surface area contributed by atoms with Gasteiger partial charge < -0.3 is 9.90 Å². The van der Waals surface area contributed by atoms with Crippen LogP contribution in [0, 0.1) is 0 Å². The quantitative estimate of drug-likeness (QED) is 0.334. The van der Waals surface area contributed by atoms with Gasteiger partial charge in [0.25, 0.3) is 5.91 Å². The van der Waals surface area contributed by atoms with Crippen LogP contribution in [-0.2, 0) is 16.6 Å². The van der Waals surface area contributed by atoms with E-state index >= 15 is 0 Å². The van der Waals surface area contributed by atoms with Crippen LogP contribution in [0.4, 0.5) is 0 Å². The Labute approximate surface area is 169 Å². The molecule has 9 heteroatoms. The molecule has 1 aromatic carbocycles. The molecule has 25 heavy (non-hydrogen) atoms. The van der Waals surface area contributed by atoms with E-state index < -0.39 is 5.97 Å². The number of carbonyl (C=O) groups is 2. The molecule has 7 nitrogen and oxygen atoms in total. The predicted molar refractivity (Wildman–Crippen MR) is 85.6 cm³/mol. The molecule has 120 valence electrons. The van der Waals surface area contributed by atoms with Gasteiger partial charge in [0.2, 0.25) is 0 Å². The molecule has 0 unspecified atom stereocenters. The molecule has 2 aliphatic rings. The van der Waals surface area contributed by atoms with Gasteiger partial charge in [0.1, 0.15) is 11.1 Å². The Morgan fingerprint density at radius 1 is 1.32 bits per heavy atom. The van der Waals surface area contributed by atoms with E-state index in [-0.39, 0.29) is 46.5 Å². The Hall–Kier alpha value is -1.87. The number of aromatic nitrogens is 3. The minimum atomic E-state index is -1.35. The molecule has 0 spiro atoms. The molecule has 0 aliphatic carbocycles. The van der Waals surface area contributed by atoms with Crippen molar-refractivity contribution in [3.05, 3.63) is 59.1 Å². The molecule has 4 rings (SSSR count). The van der Waals surface area contributed by atoms with Gasteiger partial charge in [-0.05, 0) is 11.6 Å². The van der Waals surface area contributed by atoms with Crippen molar-refractivity contribution in [3.63, 3.8) is 0 Å². The molecule has 1 aromatic heterocycles. The second-order valence-electron chi connectivity index (χ2n) is 5.39. The van der Waals surface area contributed by atoms with Crippen molar-refractivity contribution in [1.29, 1.82) is 0 Å². The maximum Gasteiger partial charge on any atom is 1.00 e. The maximum absolute atomic E-state index is 12.4. The molecule has 0 N–H and O–H groups in total. The number of fused-ring (bicyclic) bond motifs is 1. The molecule has 2 aromatic rings. The SMILES string of the molecule is Cn1cc(/C=C2/C(=O)N3C(C(=O)[O-])=C(c4ccccc4)S[C@H]23)nn1.[Na+]. The number of carbonyl (C=O) groups excluding carboxylic acids is 2. The number of β-lactam (4-membered cyclic amide) rings is 1. The summed E-state index contributed by atoms with van der Waals surface area (Å²) in [6, 6.07) is 9.12. The average Bonchev–Trinajstić information content (AvgIpc) is 3.15. The van der Waals surface area contributed by atoms with Gasteiger partial charge in [0.15, 0.2) is 0 Å². The molecule has 1 amide bonds. The van der Waals surface area contributed by atoms with Gasteiger partial charge in [0, 0.05) is 12.0 Å². The number of amides is 1. The molecular weight excluding hydrogens is 351 g/mol. The zero-order chi connectivity index (χ0) is 16.8. The number of hydrogen-bond donors (Lipinski definition) is 0. The Kier molecular flexibility index (Phi) is 4.88. The summed E-state index contributed by atoms with van der Waals surface area (Å²) >= 11 is 1.33. The number of hydrogen-bond acceptors (Lipinski definition) is 6. The van der Waals surface area contributed by atoms with Crippen LogP contribution >= 0.6 is 11.8 Å². The first-order chi connectivity index (χ1) is 11.6. The van der Waals surface area contributed by atoms with E-state index in [1.54, 1.807) is 19.3 Å². The molecule has 3 heterocycles. The number of nitrogens with zero attached hydrogens (tertiary/aromatic N) is 4. The van der Waals surface area contributed by atoms with E-state index in [1.807, 2.05) is 30.3 Å². The van der Waals surface area contributed by atoms with Gasteiger partial charge in [-0.3, -0.25) is 14.4 Å². The summed E-state index contributed by atoms with van der Waals surface area (Å²) in [5.74, 6) is -1.70. The van der Waals surface area contributed by atoms with Crippen molar-refractivity contribution in [2.45, 2.75) is 5.37 Å². The summed E-state index contributed by atoms with van der Waals surface area (Å²) < 4.78 is 1.54. The summed E-state index contributed by atoms with van der Waals surface area (Å²) in [7, 11) is 1.73. The number of benzene rings is 1. The fraction of sp³-hybridized carbons (Fsp3) is 0.125. The van der Waals surface area contributed by atoms with Crippen molar-refractivity contribution in [2.24, 2.45) is 7.05 Å². The second-order valence-corrected chi connectivity index (χ2v) is 6.48. The molecule has 1 saturated heterocycles. The number of carboxylic acid groups (broad SMARTS) is 1. The van der Waals surface area contributed by atoms with Crippen molar-refractivity contribution in [2.75, 3.05) is 0 Å². The number of carboxylic acids is 1. The van der Waals surface area contributed by atoms with E-state index in [1.165, 1.54) is 21.3 Å². The van der Waals surface area contributed by atoms with Crippen LogP contribution in [0.3, 0.4) is 0 Å². The Morgan fingerprint density at radius 2 is 2.04 bits per heavy atom. The maximum atomic E-state index is 12.4. The average molecular weight is 362 g/mol. The zero-order valence-electron chi connectivity index (χ0n) is 13.5. The number of thioether (sulfide) groups is 1. The second kappa shape index (κ2) is 6.80. The standard InChI is InChI=1S/C16H12N4O3S.Na/c1-19-8-10(17-18-19)7-11-14(21)20-12(16(22)23)13(24-15(11)20)9-5-3-2-4-6-9;/h2-8,15H,1H3,(H,22,23);/q;+1/p-1/b11-7-;/t15-;/m1./s1. The Bertz CT molecular complexity index is 922. The molecule has 0 bridgehead atoms. The van der Waals surface area contributed by atoms with Gasteiger partial charge in [-0.1, -0.05) is 47.3 Å².